The molecule has 27 heavy (non-hydrogen) atoms. The first-order valence-electron chi connectivity index (χ1n) is 8.04. The Labute approximate surface area is 155 Å². The van der Waals surface area contributed by atoms with Gasteiger partial charge in [-0.25, -0.2) is 4.79 Å². The topological polar surface area (TPSA) is 73.9 Å². The zero-order valence-electron chi connectivity index (χ0n) is 14.8. The van der Waals surface area contributed by atoms with Gasteiger partial charge in [-0.3, -0.25) is 4.79 Å². The summed E-state index contributed by atoms with van der Waals surface area (Å²) >= 11 is 0. The first-order valence-corrected chi connectivity index (χ1v) is 8.04. The molecule has 0 fully saturated rings. The Hall–Kier alpha value is -3.16. The summed E-state index contributed by atoms with van der Waals surface area (Å²) < 4.78 is 38.6. The van der Waals surface area contributed by atoms with E-state index in [1.54, 1.807) is 0 Å². The number of esters is 1. The van der Waals surface area contributed by atoms with E-state index in [2.05, 4.69) is 10.1 Å². The molecule has 0 bridgehead atoms. The number of carbonyl (C=O) groups is 2. The zero-order chi connectivity index (χ0) is 19.8. The van der Waals surface area contributed by atoms with Crippen LogP contribution in [0.25, 0.3) is 0 Å². The predicted molar refractivity (Wildman–Crippen MR) is 94.1 cm³/mol. The number of carbonyl (C=O) groups excluding carboxylic acids is 2. The first kappa shape index (κ1) is 20.2. The van der Waals surface area contributed by atoms with Crippen molar-refractivity contribution in [2.75, 3.05) is 18.5 Å². The van der Waals surface area contributed by atoms with Gasteiger partial charge in [0.2, 0.25) is 0 Å². The van der Waals surface area contributed by atoms with Crippen LogP contribution in [0.5, 0.6) is 11.5 Å². The molecule has 0 unspecified atom stereocenters. The van der Waals surface area contributed by atoms with E-state index in [9.17, 15) is 18.4 Å². The number of amides is 1. The second kappa shape index (κ2) is 9.51. The highest BCUT2D eigenvalue weighted by Crippen LogP contribution is 2.22. The molecule has 0 aliphatic carbocycles. The molecular formula is C19H19F2NO5. The Bertz CT molecular complexity index is 773. The van der Waals surface area contributed by atoms with Gasteiger partial charge in [0, 0.05) is 5.69 Å². The standard InChI is InChI=1S/C19H19F2NO5/c1-12-4-3-5-13(2)18(12)26-11-17(24)25-10-16(23)22-14-6-8-15(9-7-14)27-19(20)21/h3-9,19H,10-11H2,1-2H3,(H,22,23). The van der Waals surface area contributed by atoms with Gasteiger partial charge in [0.1, 0.15) is 11.5 Å². The summed E-state index contributed by atoms with van der Waals surface area (Å²) in [6.07, 6.45) is 0. The van der Waals surface area contributed by atoms with Crippen molar-refractivity contribution in [2.24, 2.45) is 0 Å². The van der Waals surface area contributed by atoms with Crippen LogP contribution >= 0.6 is 0 Å². The fraction of sp³-hybridized carbons (Fsp3) is 0.263. The molecule has 6 nitrogen and oxygen atoms in total. The lowest BCUT2D eigenvalue weighted by Gasteiger charge is -2.11. The second-order valence-electron chi connectivity index (χ2n) is 5.62. The Morgan fingerprint density at radius 3 is 2.22 bits per heavy atom. The van der Waals surface area contributed by atoms with Crippen molar-refractivity contribution in [3.63, 3.8) is 0 Å². The SMILES string of the molecule is Cc1cccc(C)c1OCC(=O)OCC(=O)Nc1ccc(OC(F)F)cc1. The molecule has 1 amide bonds. The van der Waals surface area contributed by atoms with Crippen LogP contribution in [-0.2, 0) is 14.3 Å². The van der Waals surface area contributed by atoms with Crippen molar-refractivity contribution in [3.8, 4) is 11.5 Å². The average Bonchev–Trinajstić information content (AvgIpc) is 2.61. The van der Waals surface area contributed by atoms with Gasteiger partial charge < -0.3 is 19.5 Å². The lowest BCUT2D eigenvalue weighted by molar-refractivity contribution is -0.149. The molecule has 0 aliphatic heterocycles. The number of nitrogens with one attached hydrogen (secondary N) is 1. The third-order valence-electron chi connectivity index (χ3n) is 3.47. The first-order chi connectivity index (χ1) is 12.8. The fourth-order valence-corrected chi connectivity index (χ4v) is 2.26. The highest BCUT2D eigenvalue weighted by molar-refractivity contribution is 5.92. The van der Waals surface area contributed by atoms with E-state index in [0.29, 0.717) is 11.4 Å². The smallest absolute Gasteiger partial charge is 0.387 e. The number of hydrogen-bond acceptors (Lipinski definition) is 5. The Kier molecular flexibility index (Phi) is 7.10. The number of halogens is 2. The van der Waals surface area contributed by atoms with Gasteiger partial charge in [-0.15, -0.1) is 0 Å². The summed E-state index contributed by atoms with van der Waals surface area (Å²) in [6, 6.07) is 10.9. The minimum absolute atomic E-state index is 0.0296. The molecule has 8 heteroatoms. The number of ether oxygens (including phenoxy) is 3. The number of alkyl halides is 2. The maximum absolute atomic E-state index is 12.1. The van der Waals surface area contributed by atoms with E-state index in [4.69, 9.17) is 9.47 Å². The number of aryl methyl sites for hydroxylation is 2. The van der Waals surface area contributed by atoms with E-state index in [1.165, 1.54) is 24.3 Å². The van der Waals surface area contributed by atoms with Crippen molar-refractivity contribution in [3.05, 3.63) is 53.6 Å². The van der Waals surface area contributed by atoms with Gasteiger partial charge in [0.25, 0.3) is 5.91 Å². The van der Waals surface area contributed by atoms with Crippen LogP contribution in [0.15, 0.2) is 42.5 Å². The summed E-state index contributed by atoms with van der Waals surface area (Å²) in [5.74, 6) is -0.686. The highest BCUT2D eigenvalue weighted by atomic mass is 19.3. The van der Waals surface area contributed by atoms with E-state index in [1.807, 2.05) is 32.0 Å². The molecule has 1 N–H and O–H groups in total. The van der Waals surface area contributed by atoms with Crippen molar-refractivity contribution in [2.45, 2.75) is 20.5 Å². The van der Waals surface area contributed by atoms with Crippen molar-refractivity contribution < 1.29 is 32.6 Å². The maximum Gasteiger partial charge on any atom is 0.387 e. The quantitative estimate of drug-likeness (QED) is 0.711. The molecule has 2 aromatic carbocycles. The van der Waals surface area contributed by atoms with E-state index >= 15 is 0 Å². The van der Waals surface area contributed by atoms with Crippen molar-refractivity contribution >= 4 is 17.6 Å². The van der Waals surface area contributed by atoms with Gasteiger partial charge in [0.05, 0.1) is 0 Å². The largest absolute Gasteiger partial charge is 0.481 e. The molecule has 0 saturated heterocycles. The molecule has 0 heterocycles. The second-order valence-corrected chi connectivity index (χ2v) is 5.62. The van der Waals surface area contributed by atoms with Gasteiger partial charge in [-0.1, -0.05) is 18.2 Å². The lowest BCUT2D eigenvalue weighted by atomic mass is 10.1. The summed E-state index contributed by atoms with van der Waals surface area (Å²) in [5, 5.41) is 2.47. The Morgan fingerprint density at radius 2 is 1.63 bits per heavy atom. The molecule has 2 aromatic rings. The monoisotopic (exact) mass is 379 g/mol. The molecule has 0 atom stereocenters. The normalized spacial score (nSPS) is 10.4. The summed E-state index contributed by atoms with van der Waals surface area (Å²) in [4.78, 5) is 23.5. The van der Waals surface area contributed by atoms with E-state index in [0.717, 1.165) is 11.1 Å². The van der Waals surface area contributed by atoms with Crippen LogP contribution in [0.1, 0.15) is 11.1 Å². The van der Waals surface area contributed by atoms with Gasteiger partial charge in [0.15, 0.2) is 13.2 Å². The highest BCUT2D eigenvalue weighted by Gasteiger charge is 2.11. The molecular weight excluding hydrogens is 360 g/mol. The molecule has 0 aliphatic rings. The molecule has 144 valence electrons. The minimum atomic E-state index is -2.92. The number of anilines is 1. The summed E-state index contributed by atoms with van der Waals surface area (Å²) in [5.41, 5.74) is 2.13. The van der Waals surface area contributed by atoms with Crippen LogP contribution < -0.4 is 14.8 Å². The van der Waals surface area contributed by atoms with Gasteiger partial charge in [-0.2, -0.15) is 8.78 Å². The average molecular weight is 379 g/mol. The van der Waals surface area contributed by atoms with Crippen LogP contribution in [-0.4, -0.2) is 31.7 Å². The van der Waals surface area contributed by atoms with E-state index in [-0.39, 0.29) is 12.4 Å². The number of para-hydroxylation sites is 1. The molecule has 2 rings (SSSR count). The van der Waals surface area contributed by atoms with Gasteiger partial charge in [-0.05, 0) is 49.2 Å². The van der Waals surface area contributed by atoms with Crippen molar-refractivity contribution in [1.82, 2.24) is 0 Å². The third kappa shape index (κ3) is 6.58. The van der Waals surface area contributed by atoms with Gasteiger partial charge >= 0.3 is 12.6 Å². The summed E-state index contributed by atoms with van der Waals surface area (Å²) in [6.45, 7) is -0.0177. The number of benzene rings is 2. The number of rotatable bonds is 8. The minimum Gasteiger partial charge on any atom is -0.481 e. The Balaban J connectivity index is 1.75. The lowest BCUT2D eigenvalue weighted by Crippen LogP contribution is -2.23. The van der Waals surface area contributed by atoms with Crippen LogP contribution in [0.3, 0.4) is 0 Å². The van der Waals surface area contributed by atoms with Crippen LogP contribution in [0.4, 0.5) is 14.5 Å². The van der Waals surface area contributed by atoms with Crippen molar-refractivity contribution in [1.29, 1.82) is 0 Å². The maximum atomic E-state index is 12.1. The molecule has 0 radical (unpaired) electrons. The predicted octanol–water partition coefficient (Wildman–Crippen LogP) is 3.47. The van der Waals surface area contributed by atoms with Crippen LogP contribution in [0, 0.1) is 13.8 Å². The summed E-state index contributed by atoms with van der Waals surface area (Å²) in [7, 11) is 0. The zero-order valence-corrected chi connectivity index (χ0v) is 14.8. The Morgan fingerprint density at radius 1 is 1.00 bits per heavy atom. The third-order valence-corrected chi connectivity index (χ3v) is 3.47. The van der Waals surface area contributed by atoms with E-state index < -0.39 is 25.1 Å². The fourth-order valence-electron chi connectivity index (χ4n) is 2.26. The van der Waals surface area contributed by atoms with Crippen LogP contribution in [0.2, 0.25) is 0 Å². The molecule has 0 aromatic heterocycles. The molecule has 0 saturated carbocycles. The molecule has 0 spiro atoms. The number of hydrogen-bond donors (Lipinski definition) is 1.